The van der Waals surface area contributed by atoms with E-state index >= 15 is 0 Å². The topological polar surface area (TPSA) is 78.0 Å². The third-order valence-corrected chi connectivity index (χ3v) is 5.61. The fraction of sp³-hybridized carbons (Fsp3) is 0.667. The summed E-state index contributed by atoms with van der Waals surface area (Å²) >= 11 is 0. The predicted molar refractivity (Wildman–Crippen MR) is 128 cm³/mol. The Morgan fingerprint density at radius 3 is 2.74 bits per heavy atom. The number of nitrogens with one attached hydrogen (secondary N) is 3. The number of methoxy groups -OCH3 is 1. The average Bonchev–Trinajstić information content (AvgIpc) is 2.78. The standard InChI is InChI=1S/C24H41N5O2/c1-4-25-24(26-14-16-29(2)15-9-17-31-3)27-19-20-10-8-13-22(18-20)28-23(30)21-11-6-5-7-12-21/h8,10,13,18,21H,4-7,9,11-12,14-17,19H2,1-3H3,(H,28,30)(H2,25,26,27). The van der Waals surface area contributed by atoms with Gasteiger partial charge < -0.3 is 25.6 Å². The van der Waals surface area contributed by atoms with Gasteiger partial charge in [0.2, 0.25) is 5.91 Å². The average molecular weight is 432 g/mol. The molecule has 0 radical (unpaired) electrons. The molecule has 1 aromatic rings. The van der Waals surface area contributed by atoms with Crippen molar-refractivity contribution in [3.8, 4) is 0 Å². The van der Waals surface area contributed by atoms with Crippen molar-refractivity contribution in [2.24, 2.45) is 10.9 Å². The van der Waals surface area contributed by atoms with Crippen LogP contribution in [0.25, 0.3) is 0 Å². The third kappa shape index (κ3) is 10.2. The molecule has 1 fully saturated rings. The molecule has 7 nitrogen and oxygen atoms in total. The first kappa shape index (κ1) is 25.1. The van der Waals surface area contributed by atoms with Gasteiger partial charge in [0, 0.05) is 51.5 Å². The van der Waals surface area contributed by atoms with Crippen LogP contribution in [-0.2, 0) is 16.1 Å². The Kier molecular flexibility index (Phi) is 12.0. The van der Waals surface area contributed by atoms with Gasteiger partial charge in [-0.2, -0.15) is 0 Å². The molecular formula is C24H41N5O2. The summed E-state index contributed by atoms with van der Waals surface area (Å²) in [5, 5.41) is 9.80. The first-order chi connectivity index (χ1) is 15.1. The largest absolute Gasteiger partial charge is 0.385 e. The number of hydrogen-bond donors (Lipinski definition) is 3. The predicted octanol–water partition coefficient (Wildman–Crippen LogP) is 3.23. The van der Waals surface area contributed by atoms with Crippen LogP contribution in [-0.4, -0.2) is 63.7 Å². The fourth-order valence-electron chi connectivity index (χ4n) is 3.82. The Hall–Kier alpha value is -2.12. The lowest BCUT2D eigenvalue weighted by atomic mass is 9.88. The number of guanidine groups is 1. The number of ether oxygens (including phenoxy) is 1. The van der Waals surface area contributed by atoms with Crippen LogP contribution in [0, 0.1) is 5.92 Å². The molecule has 1 amide bonds. The molecule has 1 saturated carbocycles. The first-order valence-electron chi connectivity index (χ1n) is 11.7. The van der Waals surface area contributed by atoms with Crippen molar-refractivity contribution in [1.82, 2.24) is 15.5 Å². The van der Waals surface area contributed by atoms with Crippen molar-refractivity contribution in [3.05, 3.63) is 29.8 Å². The molecule has 3 N–H and O–H groups in total. The van der Waals surface area contributed by atoms with E-state index in [0.29, 0.717) is 6.54 Å². The van der Waals surface area contributed by atoms with Gasteiger partial charge in [0.15, 0.2) is 5.96 Å². The van der Waals surface area contributed by atoms with Crippen LogP contribution in [0.15, 0.2) is 29.3 Å². The molecule has 7 heteroatoms. The summed E-state index contributed by atoms with van der Waals surface area (Å²) in [6, 6.07) is 8.01. The van der Waals surface area contributed by atoms with Crippen molar-refractivity contribution in [1.29, 1.82) is 0 Å². The molecule has 2 rings (SSSR count). The minimum Gasteiger partial charge on any atom is -0.385 e. The lowest BCUT2D eigenvalue weighted by Gasteiger charge is -2.20. The molecule has 1 aromatic carbocycles. The van der Waals surface area contributed by atoms with Crippen LogP contribution in [0.3, 0.4) is 0 Å². The van der Waals surface area contributed by atoms with Crippen LogP contribution < -0.4 is 16.0 Å². The number of aliphatic imine (C=N–C) groups is 1. The van der Waals surface area contributed by atoms with E-state index in [1.54, 1.807) is 7.11 Å². The Labute approximate surface area is 188 Å². The molecule has 0 unspecified atom stereocenters. The number of benzene rings is 1. The summed E-state index contributed by atoms with van der Waals surface area (Å²) in [5.74, 6) is 1.13. The second-order valence-corrected chi connectivity index (χ2v) is 8.30. The van der Waals surface area contributed by atoms with Crippen LogP contribution in [0.5, 0.6) is 0 Å². The highest BCUT2D eigenvalue weighted by atomic mass is 16.5. The van der Waals surface area contributed by atoms with E-state index in [2.05, 4.69) is 34.8 Å². The van der Waals surface area contributed by atoms with E-state index < -0.39 is 0 Å². The Bertz CT molecular complexity index is 674. The Balaban J connectivity index is 1.83. The van der Waals surface area contributed by atoms with Crippen LogP contribution in [0.1, 0.15) is 51.0 Å². The van der Waals surface area contributed by atoms with Crippen LogP contribution >= 0.6 is 0 Å². The zero-order valence-electron chi connectivity index (χ0n) is 19.6. The Morgan fingerprint density at radius 1 is 1.19 bits per heavy atom. The lowest BCUT2D eigenvalue weighted by Crippen LogP contribution is -2.41. The van der Waals surface area contributed by atoms with E-state index in [9.17, 15) is 4.79 Å². The van der Waals surface area contributed by atoms with Gasteiger partial charge in [-0.3, -0.25) is 4.79 Å². The van der Waals surface area contributed by atoms with Gasteiger partial charge in [-0.25, -0.2) is 4.99 Å². The number of hydrogen-bond acceptors (Lipinski definition) is 4. The van der Waals surface area contributed by atoms with Crippen molar-refractivity contribution >= 4 is 17.6 Å². The van der Waals surface area contributed by atoms with Gasteiger partial charge in [0.1, 0.15) is 0 Å². The summed E-state index contributed by atoms with van der Waals surface area (Å²) < 4.78 is 5.11. The SMILES string of the molecule is CCNC(=NCc1cccc(NC(=O)C2CCCCC2)c1)NCCN(C)CCCOC. The van der Waals surface area contributed by atoms with E-state index in [4.69, 9.17) is 9.73 Å². The van der Waals surface area contributed by atoms with Gasteiger partial charge in [0.05, 0.1) is 6.54 Å². The smallest absolute Gasteiger partial charge is 0.227 e. The summed E-state index contributed by atoms with van der Waals surface area (Å²) in [4.78, 5) is 19.5. The van der Waals surface area contributed by atoms with Crippen molar-refractivity contribution in [2.75, 3.05) is 52.3 Å². The number of carbonyl (C=O) groups is 1. The number of carbonyl (C=O) groups excluding carboxylic acids is 1. The van der Waals surface area contributed by atoms with Crippen molar-refractivity contribution in [3.63, 3.8) is 0 Å². The van der Waals surface area contributed by atoms with Gasteiger partial charge in [0.25, 0.3) is 0 Å². The summed E-state index contributed by atoms with van der Waals surface area (Å²) in [6.07, 6.45) is 6.63. The van der Waals surface area contributed by atoms with E-state index in [1.165, 1.54) is 6.42 Å². The van der Waals surface area contributed by atoms with Gasteiger partial charge in [-0.1, -0.05) is 31.4 Å². The van der Waals surface area contributed by atoms with Gasteiger partial charge in [-0.05, 0) is 50.9 Å². The zero-order valence-corrected chi connectivity index (χ0v) is 19.6. The molecule has 0 atom stereocenters. The minimum atomic E-state index is 0.157. The van der Waals surface area contributed by atoms with E-state index in [-0.39, 0.29) is 11.8 Å². The van der Waals surface area contributed by atoms with E-state index in [0.717, 1.165) is 82.1 Å². The van der Waals surface area contributed by atoms with Crippen molar-refractivity contribution < 1.29 is 9.53 Å². The van der Waals surface area contributed by atoms with Crippen molar-refractivity contribution in [2.45, 2.75) is 52.0 Å². The number of nitrogens with zero attached hydrogens (tertiary/aromatic N) is 2. The first-order valence-corrected chi connectivity index (χ1v) is 11.7. The Morgan fingerprint density at radius 2 is 2.00 bits per heavy atom. The zero-order chi connectivity index (χ0) is 22.3. The maximum absolute atomic E-state index is 12.5. The molecule has 174 valence electrons. The molecule has 0 spiro atoms. The molecular weight excluding hydrogens is 390 g/mol. The molecule has 0 aromatic heterocycles. The highest BCUT2D eigenvalue weighted by Gasteiger charge is 2.21. The van der Waals surface area contributed by atoms with Gasteiger partial charge in [-0.15, -0.1) is 0 Å². The second-order valence-electron chi connectivity index (χ2n) is 8.30. The third-order valence-electron chi connectivity index (χ3n) is 5.61. The highest BCUT2D eigenvalue weighted by Crippen LogP contribution is 2.25. The minimum absolute atomic E-state index is 0.157. The molecule has 1 aliphatic carbocycles. The molecule has 31 heavy (non-hydrogen) atoms. The summed E-state index contributed by atoms with van der Waals surface area (Å²) in [7, 11) is 3.86. The molecule has 0 heterocycles. The molecule has 1 aliphatic rings. The highest BCUT2D eigenvalue weighted by molar-refractivity contribution is 5.92. The van der Waals surface area contributed by atoms with Crippen LogP contribution in [0.4, 0.5) is 5.69 Å². The van der Waals surface area contributed by atoms with Crippen LogP contribution in [0.2, 0.25) is 0 Å². The quantitative estimate of drug-likeness (QED) is 0.269. The summed E-state index contributed by atoms with van der Waals surface area (Å²) in [5.41, 5.74) is 1.94. The monoisotopic (exact) mass is 431 g/mol. The van der Waals surface area contributed by atoms with E-state index in [1.807, 2.05) is 24.3 Å². The lowest BCUT2D eigenvalue weighted by molar-refractivity contribution is -0.120. The summed E-state index contributed by atoms with van der Waals surface area (Å²) in [6.45, 7) is 7.02. The maximum atomic E-state index is 12.5. The number of anilines is 1. The molecule has 0 bridgehead atoms. The maximum Gasteiger partial charge on any atom is 0.227 e. The molecule has 0 saturated heterocycles. The number of amides is 1. The van der Waals surface area contributed by atoms with Gasteiger partial charge >= 0.3 is 0 Å². The molecule has 0 aliphatic heterocycles. The number of rotatable bonds is 12. The second kappa shape index (κ2) is 14.8. The normalized spacial score (nSPS) is 15.2. The fourth-order valence-corrected chi connectivity index (χ4v) is 3.82. The number of likely N-dealkylation sites (N-methyl/N-ethyl adjacent to an activating group) is 1.